The van der Waals surface area contributed by atoms with Crippen molar-refractivity contribution in [2.24, 2.45) is 0 Å². The molecule has 0 saturated carbocycles. The van der Waals surface area contributed by atoms with E-state index in [0.29, 0.717) is 19.5 Å². The topological polar surface area (TPSA) is 122 Å². The summed E-state index contributed by atoms with van der Waals surface area (Å²) in [5.41, 5.74) is 0.779. The molecule has 0 radical (unpaired) electrons. The lowest BCUT2D eigenvalue weighted by Crippen LogP contribution is -2.49. The summed E-state index contributed by atoms with van der Waals surface area (Å²) in [5, 5.41) is 9.48. The molecular weight excluding hydrogens is 472 g/mol. The van der Waals surface area contributed by atoms with Gasteiger partial charge in [-0.15, -0.1) is 0 Å². The van der Waals surface area contributed by atoms with E-state index in [0.717, 1.165) is 48.6 Å². The van der Waals surface area contributed by atoms with Crippen LogP contribution in [0.4, 0.5) is 9.59 Å². The summed E-state index contributed by atoms with van der Waals surface area (Å²) in [5.74, 6) is -0.238. The van der Waals surface area contributed by atoms with Crippen molar-refractivity contribution >= 4 is 29.0 Å². The van der Waals surface area contributed by atoms with Crippen LogP contribution in [-0.2, 0) is 20.7 Å². The molecule has 0 fully saturated rings. The van der Waals surface area contributed by atoms with Crippen molar-refractivity contribution in [2.75, 3.05) is 13.1 Å². The standard InChI is InChI=1S/C28H44N4O5/c1-27(2,3)36-25(34)30-17-13-9-7-8-12-16-29-24(33)23(32-26(35)37-28(4,5)6)18-20-19-31-22-15-11-10-14-21(20)22/h10-11,14-15,19,23,31H,7-9,12-13,16-18H2,1-6H3,(H,29,33)(H,30,34)(H,32,35)/t23-/m1/s1. The van der Waals surface area contributed by atoms with Gasteiger partial charge in [0.15, 0.2) is 0 Å². The van der Waals surface area contributed by atoms with Crippen LogP contribution in [0.15, 0.2) is 30.5 Å². The Morgan fingerprint density at radius 2 is 1.38 bits per heavy atom. The number of benzene rings is 1. The lowest BCUT2D eigenvalue weighted by molar-refractivity contribution is -0.123. The number of ether oxygens (including phenoxy) is 2. The molecule has 1 atom stereocenters. The van der Waals surface area contributed by atoms with E-state index in [1.165, 1.54) is 0 Å². The number of hydrogen-bond donors (Lipinski definition) is 4. The number of carbonyl (C=O) groups is 3. The van der Waals surface area contributed by atoms with Gasteiger partial charge in [0.05, 0.1) is 0 Å². The van der Waals surface area contributed by atoms with Crippen LogP contribution in [0.3, 0.4) is 0 Å². The molecule has 0 aliphatic heterocycles. The number of para-hydroxylation sites is 1. The minimum atomic E-state index is -0.756. The van der Waals surface area contributed by atoms with Crippen molar-refractivity contribution in [1.82, 2.24) is 20.9 Å². The largest absolute Gasteiger partial charge is 0.444 e. The number of unbranched alkanes of at least 4 members (excludes halogenated alkanes) is 4. The van der Waals surface area contributed by atoms with Crippen LogP contribution >= 0.6 is 0 Å². The molecule has 0 saturated heterocycles. The van der Waals surface area contributed by atoms with Crippen molar-refractivity contribution in [3.8, 4) is 0 Å². The van der Waals surface area contributed by atoms with Gasteiger partial charge in [0.25, 0.3) is 0 Å². The lowest BCUT2D eigenvalue weighted by Gasteiger charge is -2.23. The highest BCUT2D eigenvalue weighted by Gasteiger charge is 2.25. The Bertz CT molecular complexity index is 1020. The summed E-state index contributed by atoms with van der Waals surface area (Å²) in [7, 11) is 0. The predicted molar refractivity (Wildman–Crippen MR) is 145 cm³/mol. The second-order valence-electron chi connectivity index (χ2n) is 11.2. The van der Waals surface area contributed by atoms with Gasteiger partial charge in [0.2, 0.25) is 5.91 Å². The second-order valence-corrected chi connectivity index (χ2v) is 11.2. The smallest absolute Gasteiger partial charge is 0.408 e. The molecular formula is C28H44N4O5. The van der Waals surface area contributed by atoms with Gasteiger partial charge in [0, 0.05) is 36.6 Å². The number of aromatic amines is 1. The van der Waals surface area contributed by atoms with Crippen molar-refractivity contribution < 1.29 is 23.9 Å². The maximum atomic E-state index is 13.0. The minimum absolute atomic E-state index is 0.238. The molecule has 0 unspecified atom stereocenters. The van der Waals surface area contributed by atoms with Gasteiger partial charge in [-0.3, -0.25) is 4.79 Å². The molecule has 2 aromatic rings. The van der Waals surface area contributed by atoms with Crippen LogP contribution in [0, 0.1) is 0 Å². The fourth-order valence-electron chi connectivity index (χ4n) is 3.80. The predicted octanol–water partition coefficient (Wildman–Crippen LogP) is 5.20. The third-order valence-electron chi connectivity index (χ3n) is 5.43. The Balaban J connectivity index is 1.76. The number of amides is 3. The van der Waals surface area contributed by atoms with E-state index >= 15 is 0 Å². The first-order valence-corrected chi connectivity index (χ1v) is 13.1. The van der Waals surface area contributed by atoms with Crippen molar-refractivity contribution in [1.29, 1.82) is 0 Å². The van der Waals surface area contributed by atoms with Crippen molar-refractivity contribution in [3.05, 3.63) is 36.0 Å². The van der Waals surface area contributed by atoms with E-state index in [1.54, 1.807) is 20.8 Å². The first kappa shape index (κ1) is 30.0. The molecule has 1 aromatic carbocycles. The number of H-pyrrole nitrogens is 1. The van der Waals surface area contributed by atoms with E-state index in [1.807, 2.05) is 51.2 Å². The van der Waals surface area contributed by atoms with Gasteiger partial charge in [0.1, 0.15) is 17.2 Å². The van der Waals surface area contributed by atoms with E-state index in [-0.39, 0.29) is 5.91 Å². The summed E-state index contributed by atoms with van der Waals surface area (Å²) >= 11 is 0. The molecule has 37 heavy (non-hydrogen) atoms. The van der Waals surface area contributed by atoms with E-state index in [2.05, 4.69) is 20.9 Å². The number of alkyl carbamates (subject to hydrolysis) is 2. The van der Waals surface area contributed by atoms with Crippen LogP contribution in [-0.4, -0.2) is 53.4 Å². The van der Waals surface area contributed by atoms with Crippen LogP contribution in [0.1, 0.15) is 79.2 Å². The molecule has 4 N–H and O–H groups in total. The molecule has 1 aromatic heterocycles. The summed E-state index contributed by atoms with van der Waals surface area (Å²) < 4.78 is 10.6. The van der Waals surface area contributed by atoms with Crippen molar-refractivity contribution in [3.63, 3.8) is 0 Å². The maximum absolute atomic E-state index is 13.0. The lowest BCUT2D eigenvalue weighted by atomic mass is 10.0. The van der Waals surface area contributed by atoms with Gasteiger partial charge >= 0.3 is 12.2 Å². The number of aromatic nitrogens is 1. The number of rotatable bonds is 12. The maximum Gasteiger partial charge on any atom is 0.408 e. The average molecular weight is 517 g/mol. The van der Waals surface area contributed by atoms with Crippen LogP contribution in [0.2, 0.25) is 0 Å². The number of hydrogen-bond acceptors (Lipinski definition) is 5. The zero-order valence-corrected chi connectivity index (χ0v) is 23.2. The third kappa shape index (κ3) is 12.0. The molecule has 206 valence electrons. The number of nitrogens with one attached hydrogen (secondary N) is 4. The Morgan fingerprint density at radius 3 is 2.03 bits per heavy atom. The summed E-state index contributed by atoms with van der Waals surface area (Å²) in [4.78, 5) is 40.3. The Hall–Kier alpha value is -3.23. The van der Waals surface area contributed by atoms with Gasteiger partial charge < -0.3 is 30.4 Å². The highest BCUT2D eigenvalue weighted by atomic mass is 16.6. The molecule has 0 bridgehead atoms. The fraction of sp³-hybridized carbons (Fsp3) is 0.607. The third-order valence-corrected chi connectivity index (χ3v) is 5.43. The first-order chi connectivity index (χ1) is 17.3. The summed E-state index contributed by atoms with van der Waals surface area (Å²) in [6.07, 6.45) is 5.85. The van der Waals surface area contributed by atoms with Gasteiger partial charge in [-0.2, -0.15) is 0 Å². The first-order valence-electron chi connectivity index (χ1n) is 13.1. The monoisotopic (exact) mass is 516 g/mol. The quantitative estimate of drug-likeness (QED) is 0.289. The molecule has 0 aliphatic rings. The zero-order chi connectivity index (χ0) is 27.5. The van der Waals surface area contributed by atoms with E-state index in [4.69, 9.17) is 9.47 Å². The Morgan fingerprint density at radius 1 is 0.811 bits per heavy atom. The van der Waals surface area contributed by atoms with E-state index in [9.17, 15) is 14.4 Å². The average Bonchev–Trinajstić information content (AvgIpc) is 3.17. The number of fused-ring (bicyclic) bond motifs is 1. The van der Waals surface area contributed by atoms with Gasteiger partial charge in [-0.05, 0) is 66.0 Å². The Kier molecular flexibility index (Phi) is 11.3. The zero-order valence-electron chi connectivity index (χ0n) is 23.2. The van der Waals surface area contributed by atoms with Crippen LogP contribution in [0.25, 0.3) is 10.9 Å². The summed E-state index contributed by atoms with van der Waals surface area (Å²) in [6.45, 7) is 12.0. The Labute approximate surface area is 220 Å². The molecule has 2 rings (SSSR count). The van der Waals surface area contributed by atoms with Gasteiger partial charge in [-0.1, -0.05) is 37.5 Å². The molecule has 0 spiro atoms. The minimum Gasteiger partial charge on any atom is -0.444 e. The van der Waals surface area contributed by atoms with Crippen molar-refractivity contribution in [2.45, 2.75) is 97.3 Å². The van der Waals surface area contributed by atoms with Crippen LogP contribution < -0.4 is 16.0 Å². The number of carbonyl (C=O) groups excluding carboxylic acids is 3. The SMILES string of the molecule is CC(C)(C)OC(=O)NCCCCCCCNC(=O)[C@@H](Cc1c[nH]c2ccccc12)NC(=O)OC(C)(C)C. The normalized spacial score (nSPS) is 12.6. The molecule has 3 amide bonds. The van der Waals surface area contributed by atoms with Gasteiger partial charge in [-0.25, -0.2) is 9.59 Å². The highest BCUT2D eigenvalue weighted by molar-refractivity contribution is 5.88. The van der Waals surface area contributed by atoms with Crippen LogP contribution in [0.5, 0.6) is 0 Å². The molecule has 9 nitrogen and oxygen atoms in total. The molecule has 1 heterocycles. The summed E-state index contributed by atoms with van der Waals surface area (Å²) in [6, 6.07) is 7.11. The van der Waals surface area contributed by atoms with E-state index < -0.39 is 29.4 Å². The fourth-order valence-corrected chi connectivity index (χ4v) is 3.80. The molecule has 9 heteroatoms. The highest BCUT2D eigenvalue weighted by Crippen LogP contribution is 2.19. The second kappa shape index (κ2) is 13.9. The molecule has 0 aliphatic carbocycles.